The second-order valence-corrected chi connectivity index (χ2v) is 4.57. The van der Waals surface area contributed by atoms with E-state index in [1.54, 1.807) is 12.1 Å². The average molecular weight is 349 g/mol. The molecule has 2 N–H and O–H groups in total. The van der Waals surface area contributed by atoms with Gasteiger partial charge in [0, 0.05) is 3.57 Å². The van der Waals surface area contributed by atoms with Gasteiger partial charge in [0.2, 0.25) is 5.95 Å². The Hall–Kier alpha value is -1.15. The molecule has 0 bridgehead atoms. The lowest BCUT2D eigenvalue weighted by molar-refractivity contribution is 0.102. The van der Waals surface area contributed by atoms with Gasteiger partial charge in [-0.05, 0) is 40.8 Å². The normalized spacial score (nSPS) is 10.1. The smallest absolute Gasteiger partial charge is 0.259 e. The molecule has 0 spiro atoms. The van der Waals surface area contributed by atoms with E-state index in [9.17, 15) is 4.79 Å². The highest BCUT2D eigenvalue weighted by Crippen LogP contribution is 2.19. The van der Waals surface area contributed by atoms with E-state index in [2.05, 4.69) is 43.1 Å². The monoisotopic (exact) mass is 348 g/mol. The van der Waals surface area contributed by atoms with Gasteiger partial charge in [0.05, 0.1) is 10.6 Å². The summed E-state index contributed by atoms with van der Waals surface area (Å²) in [6.45, 7) is 0. The third-order valence-corrected chi connectivity index (χ3v) is 2.82. The van der Waals surface area contributed by atoms with Crippen LogP contribution in [-0.2, 0) is 0 Å². The van der Waals surface area contributed by atoms with Crippen LogP contribution < -0.4 is 5.32 Å². The van der Waals surface area contributed by atoms with Crippen molar-refractivity contribution in [3.05, 3.63) is 38.7 Å². The van der Waals surface area contributed by atoms with E-state index in [-0.39, 0.29) is 5.91 Å². The van der Waals surface area contributed by atoms with E-state index in [0.29, 0.717) is 16.5 Å². The molecule has 5 nitrogen and oxygen atoms in total. The summed E-state index contributed by atoms with van der Waals surface area (Å²) in [7, 11) is 0. The van der Waals surface area contributed by atoms with Crippen LogP contribution in [-0.4, -0.2) is 21.1 Å². The summed E-state index contributed by atoms with van der Waals surface area (Å²) in [5, 5.41) is 9.11. The van der Waals surface area contributed by atoms with E-state index in [0.717, 1.165) is 3.57 Å². The molecule has 2 rings (SSSR count). The number of nitrogens with zero attached hydrogens (tertiary/aromatic N) is 2. The van der Waals surface area contributed by atoms with Gasteiger partial charge < -0.3 is 0 Å². The molecule has 0 saturated carbocycles. The SMILES string of the molecule is O=C(Nc1ncn[nH]1)c1cc(I)ccc1Cl. The third-order valence-electron chi connectivity index (χ3n) is 1.82. The number of amides is 1. The van der Waals surface area contributed by atoms with E-state index >= 15 is 0 Å². The highest BCUT2D eigenvalue weighted by molar-refractivity contribution is 14.1. The molecule has 7 heteroatoms. The van der Waals surface area contributed by atoms with Crippen molar-refractivity contribution in [1.82, 2.24) is 15.2 Å². The molecule has 0 saturated heterocycles. The number of carbonyl (C=O) groups excluding carboxylic acids is 1. The molecule has 0 fully saturated rings. The van der Waals surface area contributed by atoms with Gasteiger partial charge in [-0.2, -0.15) is 10.1 Å². The van der Waals surface area contributed by atoms with Gasteiger partial charge in [-0.25, -0.2) is 5.10 Å². The maximum Gasteiger partial charge on any atom is 0.259 e. The summed E-state index contributed by atoms with van der Waals surface area (Å²) < 4.78 is 0.935. The van der Waals surface area contributed by atoms with Crippen LogP contribution in [0.4, 0.5) is 5.95 Å². The van der Waals surface area contributed by atoms with Crippen molar-refractivity contribution in [2.24, 2.45) is 0 Å². The van der Waals surface area contributed by atoms with E-state index in [4.69, 9.17) is 11.6 Å². The first-order valence-corrected chi connectivity index (χ1v) is 5.74. The maximum atomic E-state index is 11.8. The van der Waals surface area contributed by atoms with Crippen LogP contribution in [0, 0.1) is 3.57 Å². The van der Waals surface area contributed by atoms with Gasteiger partial charge in [-0.15, -0.1) is 0 Å². The molecule has 0 aliphatic rings. The predicted molar refractivity (Wildman–Crippen MR) is 68.5 cm³/mol. The molecule has 0 atom stereocenters. The van der Waals surface area contributed by atoms with Crippen molar-refractivity contribution in [2.45, 2.75) is 0 Å². The summed E-state index contributed by atoms with van der Waals surface area (Å²) in [6, 6.07) is 5.21. The minimum absolute atomic E-state index is 0.292. The Kier molecular flexibility index (Phi) is 3.39. The Labute approximate surface area is 110 Å². The fourth-order valence-corrected chi connectivity index (χ4v) is 1.81. The fourth-order valence-electron chi connectivity index (χ4n) is 1.11. The van der Waals surface area contributed by atoms with Crippen molar-refractivity contribution in [1.29, 1.82) is 0 Å². The lowest BCUT2D eigenvalue weighted by Crippen LogP contribution is -2.13. The molecule has 0 unspecified atom stereocenters. The van der Waals surface area contributed by atoms with Crippen LogP contribution in [0.25, 0.3) is 0 Å². The van der Waals surface area contributed by atoms with E-state index < -0.39 is 0 Å². The molecule has 0 aliphatic heterocycles. The molecule has 1 aromatic carbocycles. The summed E-state index contributed by atoms with van der Waals surface area (Å²) in [4.78, 5) is 15.6. The van der Waals surface area contributed by atoms with E-state index in [1.807, 2.05) is 6.07 Å². The number of hydrogen-bond donors (Lipinski definition) is 2. The summed E-state index contributed by atoms with van der Waals surface area (Å²) in [5.41, 5.74) is 0.407. The Morgan fingerprint density at radius 2 is 2.31 bits per heavy atom. The summed E-state index contributed by atoms with van der Waals surface area (Å²) in [6.07, 6.45) is 1.31. The Morgan fingerprint density at radius 1 is 1.50 bits per heavy atom. The van der Waals surface area contributed by atoms with Crippen molar-refractivity contribution in [3.8, 4) is 0 Å². The number of nitrogens with one attached hydrogen (secondary N) is 2. The molecule has 16 heavy (non-hydrogen) atoms. The highest BCUT2D eigenvalue weighted by Gasteiger charge is 2.11. The number of carbonyl (C=O) groups is 1. The standard InChI is InChI=1S/C9H6ClIN4O/c10-7-2-1-5(11)3-6(7)8(16)14-9-12-4-13-15-9/h1-4H,(H2,12,13,14,15,16). The molecule has 2 aromatic rings. The first kappa shape index (κ1) is 11.3. The molecular formula is C9H6ClIN4O. The Bertz CT molecular complexity index is 514. The predicted octanol–water partition coefficient (Wildman–Crippen LogP) is 2.32. The lowest BCUT2D eigenvalue weighted by Gasteiger charge is -2.04. The first-order chi connectivity index (χ1) is 7.66. The summed E-state index contributed by atoms with van der Waals surface area (Å²) >= 11 is 8.03. The van der Waals surface area contributed by atoms with Crippen LogP contribution in [0.3, 0.4) is 0 Å². The van der Waals surface area contributed by atoms with E-state index in [1.165, 1.54) is 6.33 Å². The first-order valence-electron chi connectivity index (χ1n) is 4.28. The molecule has 82 valence electrons. The second kappa shape index (κ2) is 4.79. The van der Waals surface area contributed by atoms with Crippen molar-refractivity contribution < 1.29 is 4.79 Å². The minimum Gasteiger partial charge on any atom is -0.291 e. The quantitative estimate of drug-likeness (QED) is 0.818. The zero-order valence-electron chi connectivity index (χ0n) is 7.87. The summed E-state index contributed by atoms with van der Waals surface area (Å²) in [5.74, 6) is -0.0276. The van der Waals surface area contributed by atoms with Crippen LogP contribution in [0.1, 0.15) is 10.4 Å². The molecule has 0 aliphatic carbocycles. The number of aromatic amines is 1. The molecule has 0 radical (unpaired) electrons. The topological polar surface area (TPSA) is 70.7 Å². The van der Waals surface area contributed by atoms with Gasteiger partial charge in [-0.1, -0.05) is 11.6 Å². The van der Waals surface area contributed by atoms with Crippen LogP contribution >= 0.6 is 34.2 Å². The van der Waals surface area contributed by atoms with Crippen LogP contribution in [0.5, 0.6) is 0 Å². The number of aromatic nitrogens is 3. The second-order valence-electron chi connectivity index (χ2n) is 2.91. The van der Waals surface area contributed by atoms with Gasteiger partial charge >= 0.3 is 0 Å². The van der Waals surface area contributed by atoms with Crippen LogP contribution in [0.2, 0.25) is 5.02 Å². The van der Waals surface area contributed by atoms with Gasteiger partial charge in [-0.3, -0.25) is 10.1 Å². The average Bonchev–Trinajstić information content (AvgIpc) is 2.74. The number of benzene rings is 1. The molecule has 1 heterocycles. The van der Waals surface area contributed by atoms with Crippen molar-refractivity contribution >= 4 is 46.0 Å². The molecule has 1 aromatic heterocycles. The largest absolute Gasteiger partial charge is 0.291 e. The number of hydrogen-bond acceptors (Lipinski definition) is 3. The molecule has 1 amide bonds. The van der Waals surface area contributed by atoms with Gasteiger partial charge in [0.1, 0.15) is 6.33 Å². The fraction of sp³-hybridized carbons (Fsp3) is 0. The Balaban J connectivity index is 2.24. The maximum absolute atomic E-state index is 11.8. The minimum atomic E-state index is -0.319. The van der Waals surface area contributed by atoms with Gasteiger partial charge in [0.15, 0.2) is 0 Å². The van der Waals surface area contributed by atoms with Crippen molar-refractivity contribution in [3.63, 3.8) is 0 Å². The third kappa shape index (κ3) is 2.50. The lowest BCUT2D eigenvalue weighted by atomic mass is 10.2. The highest BCUT2D eigenvalue weighted by atomic mass is 127. The number of H-pyrrole nitrogens is 1. The Morgan fingerprint density at radius 3 is 3.00 bits per heavy atom. The van der Waals surface area contributed by atoms with Crippen molar-refractivity contribution in [2.75, 3.05) is 5.32 Å². The zero-order chi connectivity index (χ0) is 11.5. The number of anilines is 1. The zero-order valence-corrected chi connectivity index (χ0v) is 10.8. The number of rotatable bonds is 2. The van der Waals surface area contributed by atoms with Gasteiger partial charge in [0.25, 0.3) is 5.91 Å². The number of halogens is 2. The molecular weight excluding hydrogens is 342 g/mol. The van der Waals surface area contributed by atoms with Crippen LogP contribution in [0.15, 0.2) is 24.5 Å².